The zero-order valence-corrected chi connectivity index (χ0v) is 14.5. The van der Waals surface area contributed by atoms with E-state index >= 15 is 0 Å². The first-order valence-corrected chi connectivity index (χ1v) is 8.89. The summed E-state index contributed by atoms with van der Waals surface area (Å²) < 4.78 is 6.88. The van der Waals surface area contributed by atoms with Gasteiger partial charge in [-0.05, 0) is 48.1 Å². The van der Waals surface area contributed by atoms with Crippen LogP contribution in [0.15, 0.2) is 40.9 Å². The van der Waals surface area contributed by atoms with Crippen molar-refractivity contribution >= 4 is 42.6 Å². The topological polar surface area (TPSA) is 9.23 Å². The first-order valence-electron chi connectivity index (χ1n) is 7.18. The van der Waals surface area contributed by atoms with Gasteiger partial charge in [0.1, 0.15) is 0 Å². The summed E-state index contributed by atoms with van der Waals surface area (Å²) in [5, 5.41) is 2.61. The number of alkyl halides is 1. The molecular weight excluding hydrogens is 380 g/mol. The van der Waals surface area contributed by atoms with Crippen LogP contribution in [0.5, 0.6) is 0 Å². The van der Waals surface area contributed by atoms with Crippen LogP contribution in [-0.2, 0) is 4.74 Å². The zero-order valence-electron chi connectivity index (χ0n) is 11.3. The fraction of sp³-hybridized carbons (Fsp3) is 0.412. The Morgan fingerprint density at radius 3 is 2.70 bits per heavy atom. The summed E-state index contributed by atoms with van der Waals surface area (Å²) in [5.74, 6) is 0. The first-order chi connectivity index (χ1) is 9.75. The molecule has 1 saturated heterocycles. The highest BCUT2D eigenvalue weighted by molar-refractivity contribution is 9.10. The molecule has 0 N–H and O–H groups in total. The van der Waals surface area contributed by atoms with Crippen LogP contribution in [-0.4, -0.2) is 12.7 Å². The highest BCUT2D eigenvalue weighted by Gasteiger charge is 2.18. The molecule has 3 rings (SSSR count). The molecule has 1 fully saturated rings. The van der Waals surface area contributed by atoms with Crippen LogP contribution in [0.4, 0.5) is 0 Å². The third-order valence-electron chi connectivity index (χ3n) is 4.01. The van der Waals surface area contributed by atoms with Gasteiger partial charge in [0, 0.05) is 15.9 Å². The molecule has 0 spiro atoms. The summed E-state index contributed by atoms with van der Waals surface area (Å²) in [6, 6.07) is 12.9. The minimum Gasteiger partial charge on any atom is -0.378 e. The van der Waals surface area contributed by atoms with Crippen molar-refractivity contribution in [1.82, 2.24) is 0 Å². The molecule has 2 unspecified atom stereocenters. The maximum absolute atomic E-state index is 5.72. The second kappa shape index (κ2) is 6.59. The minimum atomic E-state index is 0.393. The van der Waals surface area contributed by atoms with Crippen LogP contribution in [0.2, 0.25) is 0 Å². The molecule has 1 nitrogen and oxygen atoms in total. The van der Waals surface area contributed by atoms with Crippen LogP contribution in [0.3, 0.4) is 0 Å². The lowest BCUT2D eigenvalue weighted by Gasteiger charge is -2.16. The summed E-state index contributed by atoms with van der Waals surface area (Å²) in [6.45, 7) is 0.943. The van der Waals surface area contributed by atoms with E-state index in [-0.39, 0.29) is 0 Å². The number of hydrogen-bond acceptors (Lipinski definition) is 1. The largest absolute Gasteiger partial charge is 0.378 e. The van der Waals surface area contributed by atoms with E-state index in [4.69, 9.17) is 4.74 Å². The van der Waals surface area contributed by atoms with E-state index in [2.05, 4.69) is 68.3 Å². The average molecular weight is 398 g/mol. The van der Waals surface area contributed by atoms with Crippen molar-refractivity contribution < 1.29 is 4.74 Å². The molecule has 0 aromatic heterocycles. The SMILES string of the molecule is Brc1ccc(C(Br)CCC2CCCO2)c2ccccc12. The molecule has 2 aromatic carbocycles. The number of fused-ring (bicyclic) bond motifs is 1. The molecule has 0 saturated carbocycles. The van der Waals surface area contributed by atoms with Crippen molar-refractivity contribution in [2.75, 3.05) is 6.61 Å². The fourth-order valence-electron chi connectivity index (χ4n) is 2.92. The summed E-state index contributed by atoms with van der Waals surface area (Å²) in [6.07, 6.45) is 5.17. The zero-order chi connectivity index (χ0) is 13.9. The van der Waals surface area contributed by atoms with Crippen molar-refractivity contribution in [2.24, 2.45) is 0 Å². The van der Waals surface area contributed by atoms with Crippen LogP contribution in [0.1, 0.15) is 36.1 Å². The Labute approximate surface area is 137 Å². The van der Waals surface area contributed by atoms with Gasteiger partial charge in [0.15, 0.2) is 0 Å². The summed E-state index contributed by atoms with van der Waals surface area (Å²) in [5.41, 5.74) is 1.38. The molecule has 3 heteroatoms. The van der Waals surface area contributed by atoms with Crippen LogP contribution >= 0.6 is 31.9 Å². The molecule has 0 bridgehead atoms. The Balaban J connectivity index is 1.80. The quantitative estimate of drug-likeness (QED) is 0.575. The van der Waals surface area contributed by atoms with Crippen molar-refractivity contribution in [3.63, 3.8) is 0 Å². The monoisotopic (exact) mass is 396 g/mol. The average Bonchev–Trinajstić information content (AvgIpc) is 2.99. The smallest absolute Gasteiger partial charge is 0.0576 e. The molecule has 2 aromatic rings. The Kier molecular flexibility index (Phi) is 4.79. The number of halogens is 2. The van der Waals surface area contributed by atoms with Gasteiger partial charge < -0.3 is 4.74 Å². The molecule has 106 valence electrons. The van der Waals surface area contributed by atoms with E-state index < -0.39 is 0 Å². The fourth-order valence-corrected chi connectivity index (χ4v) is 4.06. The summed E-state index contributed by atoms with van der Waals surface area (Å²) >= 11 is 7.51. The standard InChI is InChI=1S/C17H18Br2O/c18-16(9-7-12-4-3-11-20-12)15-8-10-17(19)14-6-2-1-5-13(14)15/h1-2,5-6,8,10,12,16H,3-4,7,9,11H2. The van der Waals surface area contributed by atoms with Gasteiger partial charge in [-0.1, -0.05) is 62.2 Å². The summed E-state index contributed by atoms with van der Waals surface area (Å²) in [4.78, 5) is 0.393. The molecule has 1 aliphatic heterocycles. The maximum Gasteiger partial charge on any atom is 0.0576 e. The molecule has 1 aliphatic rings. The Morgan fingerprint density at radius 1 is 1.15 bits per heavy atom. The molecule has 0 amide bonds. The van der Waals surface area contributed by atoms with Crippen molar-refractivity contribution in [1.29, 1.82) is 0 Å². The predicted molar refractivity (Wildman–Crippen MR) is 91.5 cm³/mol. The molecule has 2 atom stereocenters. The van der Waals surface area contributed by atoms with Crippen LogP contribution in [0, 0.1) is 0 Å². The second-order valence-electron chi connectivity index (χ2n) is 5.36. The van der Waals surface area contributed by atoms with Crippen molar-refractivity contribution in [2.45, 2.75) is 36.6 Å². The van der Waals surface area contributed by atoms with Gasteiger partial charge in [-0.25, -0.2) is 0 Å². The van der Waals surface area contributed by atoms with Gasteiger partial charge in [-0.2, -0.15) is 0 Å². The highest BCUT2D eigenvalue weighted by atomic mass is 79.9. The van der Waals surface area contributed by atoms with Crippen LogP contribution in [0.25, 0.3) is 10.8 Å². The number of ether oxygens (including phenoxy) is 1. The minimum absolute atomic E-state index is 0.393. The van der Waals surface area contributed by atoms with Gasteiger partial charge >= 0.3 is 0 Å². The predicted octanol–water partition coefficient (Wildman–Crippen LogP) is 6.00. The molecule has 0 aliphatic carbocycles. The summed E-state index contributed by atoms with van der Waals surface area (Å²) in [7, 11) is 0. The van der Waals surface area contributed by atoms with Gasteiger partial charge in [0.25, 0.3) is 0 Å². The second-order valence-corrected chi connectivity index (χ2v) is 7.32. The normalized spacial score (nSPS) is 20.4. The van der Waals surface area contributed by atoms with Crippen molar-refractivity contribution in [3.05, 3.63) is 46.4 Å². The number of rotatable bonds is 4. The highest BCUT2D eigenvalue weighted by Crippen LogP contribution is 2.37. The van der Waals surface area contributed by atoms with Crippen LogP contribution < -0.4 is 0 Å². The molecular formula is C17H18Br2O. The number of hydrogen-bond donors (Lipinski definition) is 0. The maximum atomic E-state index is 5.72. The molecule has 1 heterocycles. The molecule has 0 radical (unpaired) electrons. The van der Waals surface area contributed by atoms with E-state index in [0.717, 1.165) is 23.9 Å². The van der Waals surface area contributed by atoms with Gasteiger partial charge in [0.2, 0.25) is 0 Å². The van der Waals surface area contributed by atoms with E-state index in [9.17, 15) is 0 Å². The third-order valence-corrected chi connectivity index (χ3v) is 5.65. The van der Waals surface area contributed by atoms with Gasteiger partial charge in [-0.3, -0.25) is 0 Å². The molecule has 20 heavy (non-hydrogen) atoms. The van der Waals surface area contributed by atoms with E-state index in [1.165, 1.54) is 29.2 Å². The van der Waals surface area contributed by atoms with Gasteiger partial charge in [-0.15, -0.1) is 0 Å². The Bertz CT molecular complexity index is 591. The van der Waals surface area contributed by atoms with Gasteiger partial charge in [0.05, 0.1) is 6.10 Å². The Hall–Kier alpha value is -0.380. The van der Waals surface area contributed by atoms with E-state index in [0.29, 0.717) is 10.9 Å². The van der Waals surface area contributed by atoms with E-state index in [1.807, 2.05) is 0 Å². The van der Waals surface area contributed by atoms with Crippen molar-refractivity contribution in [3.8, 4) is 0 Å². The Morgan fingerprint density at radius 2 is 1.95 bits per heavy atom. The number of benzene rings is 2. The first kappa shape index (κ1) is 14.6. The lowest BCUT2D eigenvalue weighted by Crippen LogP contribution is -2.06. The van der Waals surface area contributed by atoms with E-state index in [1.54, 1.807) is 0 Å². The lowest BCUT2D eigenvalue weighted by molar-refractivity contribution is 0.102. The third kappa shape index (κ3) is 3.10. The lowest BCUT2D eigenvalue weighted by atomic mass is 9.99.